The van der Waals surface area contributed by atoms with Crippen molar-refractivity contribution in [2.24, 2.45) is 0 Å². The largest absolute Gasteiger partial charge is 0.227 e. The van der Waals surface area contributed by atoms with Crippen LogP contribution in [0.1, 0.15) is 18.5 Å². The third kappa shape index (κ3) is 2.98. The van der Waals surface area contributed by atoms with E-state index in [0.717, 1.165) is 50.7 Å². The van der Waals surface area contributed by atoms with Gasteiger partial charge in [-0.2, -0.15) is 0 Å². The maximum atomic E-state index is 4.99. The van der Waals surface area contributed by atoms with Crippen LogP contribution in [0.5, 0.6) is 0 Å². The van der Waals surface area contributed by atoms with Crippen LogP contribution in [-0.2, 0) is 0 Å². The van der Waals surface area contributed by atoms with Crippen LogP contribution < -0.4 is 0 Å². The van der Waals surface area contributed by atoms with Crippen LogP contribution in [0, 0.1) is 0 Å². The molecule has 1 heterocycles. The van der Waals surface area contributed by atoms with Crippen LogP contribution in [0.25, 0.3) is 38.6 Å². The summed E-state index contributed by atoms with van der Waals surface area (Å²) in [6, 6.07) is 20.9. The number of aromatic nitrogens is 2. The molecule has 3 aromatic carbocycles. The molecular formula is C24H17BrN2. The summed E-state index contributed by atoms with van der Waals surface area (Å²) in [5, 5.41) is 3.46. The minimum atomic E-state index is 0.759. The summed E-state index contributed by atoms with van der Waals surface area (Å²) >= 11 is 3.57. The van der Waals surface area contributed by atoms with Gasteiger partial charge in [-0.3, -0.25) is 0 Å². The number of benzene rings is 3. The van der Waals surface area contributed by atoms with E-state index in [2.05, 4.69) is 82.7 Å². The maximum Gasteiger partial charge on any atom is 0.160 e. The zero-order valence-electron chi connectivity index (χ0n) is 14.7. The van der Waals surface area contributed by atoms with Gasteiger partial charge in [0.1, 0.15) is 0 Å². The summed E-state index contributed by atoms with van der Waals surface area (Å²) in [4.78, 5) is 9.98. The van der Waals surface area contributed by atoms with E-state index >= 15 is 0 Å². The SMILES string of the molecule is Brc1cccc(-c2nc(C3=CCCC=C3)c3ccc4ccccc4c3n2)c1. The predicted octanol–water partition coefficient (Wildman–Crippen LogP) is 6.95. The molecule has 1 aromatic heterocycles. The molecule has 0 saturated heterocycles. The van der Waals surface area contributed by atoms with Crippen molar-refractivity contribution in [1.82, 2.24) is 9.97 Å². The number of hydrogen-bond donors (Lipinski definition) is 0. The Morgan fingerprint density at radius 3 is 2.59 bits per heavy atom. The first-order chi connectivity index (χ1) is 13.3. The first-order valence-electron chi connectivity index (χ1n) is 9.12. The van der Waals surface area contributed by atoms with Gasteiger partial charge in [0, 0.05) is 20.8 Å². The highest BCUT2D eigenvalue weighted by molar-refractivity contribution is 9.10. The van der Waals surface area contributed by atoms with Crippen molar-refractivity contribution in [3.63, 3.8) is 0 Å². The second-order valence-corrected chi connectivity index (χ2v) is 7.64. The Kier molecular flexibility index (Phi) is 4.10. The van der Waals surface area contributed by atoms with Gasteiger partial charge in [-0.05, 0) is 42.0 Å². The van der Waals surface area contributed by atoms with Gasteiger partial charge in [0.05, 0.1) is 11.2 Å². The molecule has 0 bridgehead atoms. The quantitative estimate of drug-likeness (QED) is 0.333. The molecule has 0 atom stereocenters. The summed E-state index contributed by atoms with van der Waals surface area (Å²) in [6.45, 7) is 0. The number of allylic oxidation sites excluding steroid dienone is 4. The van der Waals surface area contributed by atoms with Gasteiger partial charge in [0.2, 0.25) is 0 Å². The van der Waals surface area contributed by atoms with Crippen LogP contribution in [0.3, 0.4) is 0 Å². The molecule has 0 amide bonds. The minimum absolute atomic E-state index is 0.759. The lowest BCUT2D eigenvalue weighted by molar-refractivity contribution is 1.04. The fourth-order valence-electron chi connectivity index (χ4n) is 3.63. The van der Waals surface area contributed by atoms with Gasteiger partial charge < -0.3 is 0 Å². The van der Waals surface area contributed by atoms with Crippen molar-refractivity contribution < 1.29 is 0 Å². The normalized spacial score (nSPS) is 13.9. The highest BCUT2D eigenvalue weighted by Gasteiger charge is 2.15. The maximum absolute atomic E-state index is 4.99. The summed E-state index contributed by atoms with van der Waals surface area (Å²) in [7, 11) is 0. The number of rotatable bonds is 2. The Morgan fingerprint density at radius 2 is 1.74 bits per heavy atom. The van der Waals surface area contributed by atoms with Crippen LogP contribution in [0.2, 0.25) is 0 Å². The Bertz CT molecular complexity index is 1240. The van der Waals surface area contributed by atoms with Gasteiger partial charge in [-0.1, -0.05) is 76.6 Å². The zero-order chi connectivity index (χ0) is 18.2. The summed E-state index contributed by atoms with van der Waals surface area (Å²) in [5.41, 5.74) is 4.21. The predicted molar refractivity (Wildman–Crippen MR) is 117 cm³/mol. The van der Waals surface area contributed by atoms with E-state index in [4.69, 9.17) is 9.97 Å². The van der Waals surface area contributed by atoms with E-state index in [0.29, 0.717) is 0 Å². The minimum Gasteiger partial charge on any atom is -0.227 e. The first-order valence-corrected chi connectivity index (χ1v) is 9.91. The molecule has 130 valence electrons. The fraction of sp³-hybridized carbons (Fsp3) is 0.0833. The van der Waals surface area contributed by atoms with Crippen molar-refractivity contribution in [3.05, 3.63) is 89.1 Å². The molecule has 1 aliphatic rings. The molecule has 0 aliphatic heterocycles. The Morgan fingerprint density at radius 1 is 0.815 bits per heavy atom. The van der Waals surface area contributed by atoms with Crippen LogP contribution in [0.4, 0.5) is 0 Å². The molecule has 0 N–H and O–H groups in total. The molecule has 0 spiro atoms. The highest BCUT2D eigenvalue weighted by Crippen LogP contribution is 2.33. The van der Waals surface area contributed by atoms with E-state index in [9.17, 15) is 0 Å². The highest BCUT2D eigenvalue weighted by atomic mass is 79.9. The Balaban J connectivity index is 1.87. The molecule has 4 aromatic rings. The Hall–Kier alpha value is -2.78. The van der Waals surface area contributed by atoms with E-state index in [1.54, 1.807) is 0 Å². The van der Waals surface area contributed by atoms with Crippen LogP contribution in [0.15, 0.2) is 83.4 Å². The summed E-state index contributed by atoms with van der Waals surface area (Å²) < 4.78 is 1.03. The lowest BCUT2D eigenvalue weighted by Crippen LogP contribution is -1.99. The van der Waals surface area contributed by atoms with Gasteiger partial charge in [-0.25, -0.2) is 9.97 Å². The molecule has 0 radical (unpaired) electrons. The van der Waals surface area contributed by atoms with E-state index in [1.165, 1.54) is 11.0 Å². The average molecular weight is 413 g/mol. The zero-order valence-corrected chi connectivity index (χ0v) is 16.3. The number of nitrogens with zero attached hydrogens (tertiary/aromatic N) is 2. The van der Waals surface area contributed by atoms with Crippen molar-refractivity contribution in [2.75, 3.05) is 0 Å². The smallest absolute Gasteiger partial charge is 0.160 e. The van der Waals surface area contributed by atoms with Gasteiger partial charge in [0.25, 0.3) is 0 Å². The molecule has 2 nitrogen and oxygen atoms in total. The molecule has 27 heavy (non-hydrogen) atoms. The van der Waals surface area contributed by atoms with Gasteiger partial charge in [0.15, 0.2) is 5.82 Å². The monoisotopic (exact) mass is 412 g/mol. The van der Waals surface area contributed by atoms with Crippen molar-refractivity contribution in [1.29, 1.82) is 0 Å². The fourth-order valence-corrected chi connectivity index (χ4v) is 4.03. The van der Waals surface area contributed by atoms with Crippen molar-refractivity contribution in [2.45, 2.75) is 12.8 Å². The first kappa shape index (κ1) is 16.4. The molecule has 0 saturated carbocycles. The topological polar surface area (TPSA) is 25.8 Å². The molecule has 0 fully saturated rings. The third-order valence-electron chi connectivity index (χ3n) is 4.94. The van der Waals surface area contributed by atoms with Crippen molar-refractivity contribution >= 4 is 43.2 Å². The van der Waals surface area contributed by atoms with Crippen LogP contribution >= 0.6 is 15.9 Å². The van der Waals surface area contributed by atoms with Gasteiger partial charge >= 0.3 is 0 Å². The van der Waals surface area contributed by atoms with Crippen molar-refractivity contribution in [3.8, 4) is 11.4 Å². The standard InChI is InChI=1S/C24H17BrN2/c25-19-11-6-10-18(15-19)24-26-22(17-8-2-1-3-9-17)21-14-13-16-7-4-5-12-20(16)23(21)27-24/h2,4-15H,1,3H2. The number of fused-ring (bicyclic) bond motifs is 3. The second kappa shape index (κ2) is 6.75. The van der Waals surface area contributed by atoms with Crippen LogP contribution in [-0.4, -0.2) is 9.97 Å². The second-order valence-electron chi connectivity index (χ2n) is 6.73. The van der Waals surface area contributed by atoms with E-state index in [-0.39, 0.29) is 0 Å². The Labute approximate surface area is 166 Å². The molecular weight excluding hydrogens is 396 g/mol. The number of halogens is 1. The average Bonchev–Trinajstić information content (AvgIpc) is 2.73. The summed E-state index contributed by atoms with van der Waals surface area (Å²) in [6.07, 6.45) is 8.83. The molecule has 1 aliphatic carbocycles. The molecule has 5 rings (SSSR count). The van der Waals surface area contributed by atoms with Gasteiger partial charge in [-0.15, -0.1) is 0 Å². The van der Waals surface area contributed by atoms with E-state index < -0.39 is 0 Å². The number of hydrogen-bond acceptors (Lipinski definition) is 2. The van der Waals surface area contributed by atoms with E-state index in [1.807, 2.05) is 12.1 Å². The third-order valence-corrected chi connectivity index (χ3v) is 5.44. The lowest BCUT2D eigenvalue weighted by atomic mass is 9.98. The summed E-state index contributed by atoms with van der Waals surface area (Å²) in [5.74, 6) is 0.759. The molecule has 3 heteroatoms. The lowest BCUT2D eigenvalue weighted by Gasteiger charge is -2.13. The molecule has 0 unspecified atom stereocenters.